The van der Waals surface area contributed by atoms with Crippen LogP contribution in [0.5, 0.6) is 0 Å². The van der Waals surface area contributed by atoms with Crippen LogP contribution in [0.3, 0.4) is 0 Å². The van der Waals surface area contributed by atoms with E-state index >= 15 is 0 Å². The van der Waals surface area contributed by atoms with Crippen molar-refractivity contribution in [3.63, 3.8) is 0 Å². The average Bonchev–Trinajstić information content (AvgIpc) is 2.30. The predicted octanol–water partition coefficient (Wildman–Crippen LogP) is 0.515. The quantitative estimate of drug-likeness (QED) is 0.506. The van der Waals surface area contributed by atoms with Crippen LogP contribution in [0, 0.1) is 0 Å². The van der Waals surface area contributed by atoms with E-state index in [4.69, 9.17) is 0 Å². The number of hydrogen-bond donors (Lipinski definition) is 0. The van der Waals surface area contributed by atoms with Crippen molar-refractivity contribution in [2.75, 3.05) is 0 Å². The molecule has 1 aliphatic rings. The first-order valence-corrected chi connectivity index (χ1v) is 3.59. The van der Waals surface area contributed by atoms with Crippen LogP contribution in [-0.4, -0.2) is 12.6 Å². The Labute approximate surface area is 68.7 Å². The van der Waals surface area contributed by atoms with E-state index in [0.29, 0.717) is 30.1 Å². The molecule has 0 radical (unpaired) electrons. The fourth-order valence-electron chi connectivity index (χ4n) is 0.806. The van der Waals surface area contributed by atoms with Crippen LogP contribution >= 0.6 is 0 Å². The van der Waals surface area contributed by atoms with Crippen LogP contribution < -0.4 is 0 Å². The molecule has 3 heteroatoms. The van der Waals surface area contributed by atoms with Crippen LogP contribution in [0.4, 0.5) is 0 Å². The number of rotatable bonds is 2. The van der Waals surface area contributed by atoms with Gasteiger partial charge in [0.1, 0.15) is 0 Å². The number of carbonyl (C=O) groups is 2. The van der Waals surface area contributed by atoms with Gasteiger partial charge >= 0.3 is 68.3 Å². The molecule has 54 valence electrons. The van der Waals surface area contributed by atoms with Gasteiger partial charge in [-0.1, -0.05) is 0 Å². The van der Waals surface area contributed by atoms with Crippen LogP contribution in [0.25, 0.3) is 0 Å². The molecule has 0 aromatic heterocycles. The summed E-state index contributed by atoms with van der Waals surface area (Å²) in [6.07, 6.45) is 3.85. The summed E-state index contributed by atoms with van der Waals surface area (Å²) in [6, 6.07) is 0. The van der Waals surface area contributed by atoms with Crippen LogP contribution in [0.2, 0.25) is 0 Å². The summed E-state index contributed by atoms with van der Waals surface area (Å²) in [5.74, 6) is 0. The Kier molecular flexibility index (Phi) is 2.28. The molecule has 0 bridgehead atoms. The van der Waals surface area contributed by atoms with Crippen LogP contribution in [-0.2, 0) is 27.9 Å². The molecular formula is C7H5O2Rh. The van der Waals surface area contributed by atoms with Crippen molar-refractivity contribution in [2.45, 2.75) is 6.42 Å². The minimum absolute atomic E-state index is 0.507. The van der Waals surface area contributed by atoms with Crippen molar-refractivity contribution in [3.05, 3.63) is 21.4 Å². The summed E-state index contributed by atoms with van der Waals surface area (Å²) in [5.41, 5.74) is 1.02. The second-order valence-electron chi connectivity index (χ2n) is 1.89. The topological polar surface area (TPSA) is 34.1 Å². The molecular weight excluding hydrogens is 219 g/mol. The second kappa shape index (κ2) is 3.02. The van der Waals surface area contributed by atoms with Crippen molar-refractivity contribution >= 4 is 12.6 Å². The second-order valence-corrected chi connectivity index (χ2v) is 2.88. The molecule has 0 fully saturated rings. The first-order valence-electron chi connectivity index (χ1n) is 2.77. The third-order valence-corrected chi connectivity index (χ3v) is 2.10. The predicted molar refractivity (Wildman–Crippen MR) is 31.9 cm³/mol. The summed E-state index contributed by atoms with van der Waals surface area (Å²) >= 11 is 2.64. The van der Waals surface area contributed by atoms with Gasteiger partial charge < -0.3 is 0 Å². The van der Waals surface area contributed by atoms with Crippen molar-refractivity contribution in [1.29, 1.82) is 0 Å². The van der Waals surface area contributed by atoms with Crippen molar-refractivity contribution < 1.29 is 27.9 Å². The van der Waals surface area contributed by atoms with Gasteiger partial charge in [0.05, 0.1) is 0 Å². The molecule has 0 N–H and O–H groups in total. The summed E-state index contributed by atoms with van der Waals surface area (Å²) in [5, 5.41) is 0. The Morgan fingerprint density at radius 1 is 1.40 bits per heavy atom. The molecule has 1 rings (SSSR count). The third-order valence-electron chi connectivity index (χ3n) is 1.33. The van der Waals surface area contributed by atoms with E-state index in [9.17, 15) is 9.59 Å². The molecule has 0 amide bonds. The average molecular weight is 224 g/mol. The third kappa shape index (κ3) is 1.14. The van der Waals surface area contributed by atoms with Gasteiger partial charge in [-0.05, 0) is 0 Å². The maximum atomic E-state index is 10.3. The molecule has 0 atom stereocenters. The monoisotopic (exact) mass is 224 g/mol. The minimum atomic E-state index is 0.507. The van der Waals surface area contributed by atoms with Gasteiger partial charge in [-0.25, -0.2) is 0 Å². The van der Waals surface area contributed by atoms with Gasteiger partial charge in [0.25, 0.3) is 0 Å². The molecule has 0 saturated heterocycles. The number of aldehydes is 2. The zero-order valence-electron chi connectivity index (χ0n) is 5.09. The first-order chi connectivity index (χ1) is 4.79. The molecule has 0 saturated carbocycles. The van der Waals surface area contributed by atoms with Crippen LogP contribution in [0.1, 0.15) is 6.42 Å². The standard InChI is InChI=1S/C7H5O2.Rh/c8-4-6-2-1-3-7(6)5-9;/h2,4-5H,1H2;. The van der Waals surface area contributed by atoms with Gasteiger partial charge in [-0.15, -0.1) is 0 Å². The molecule has 0 unspecified atom stereocenters. The molecule has 0 aromatic rings. The van der Waals surface area contributed by atoms with E-state index in [2.05, 4.69) is 18.3 Å². The Balaban J connectivity index is 3.00. The van der Waals surface area contributed by atoms with Gasteiger partial charge in [-0.3, -0.25) is 0 Å². The molecule has 0 spiro atoms. The molecule has 0 aliphatic heterocycles. The Hall–Kier alpha value is -0.557. The van der Waals surface area contributed by atoms with E-state index in [1.165, 1.54) is 0 Å². The van der Waals surface area contributed by atoms with E-state index in [-0.39, 0.29) is 0 Å². The van der Waals surface area contributed by atoms with Gasteiger partial charge in [0.15, 0.2) is 0 Å². The Morgan fingerprint density at radius 3 is 2.50 bits per heavy atom. The molecule has 10 heavy (non-hydrogen) atoms. The fourth-order valence-corrected chi connectivity index (χ4v) is 1.31. The van der Waals surface area contributed by atoms with Gasteiger partial charge in [-0.2, -0.15) is 0 Å². The normalized spacial score (nSPS) is 17.2. The number of allylic oxidation sites excluding steroid dienone is 4. The zero-order chi connectivity index (χ0) is 7.56. The molecule has 0 heterocycles. The first kappa shape index (κ1) is 7.55. The fraction of sp³-hybridized carbons (Fsp3) is 0.143. The van der Waals surface area contributed by atoms with E-state index in [1.54, 1.807) is 6.08 Å². The van der Waals surface area contributed by atoms with Gasteiger partial charge in [0, 0.05) is 0 Å². The number of carbonyl (C=O) groups excluding carboxylic acids is 2. The molecule has 0 aromatic carbocycles. The summed E-state index contributed by atoms with van der Waals surface area (Å²) in [6.45, 7) is 0. The van der Waals surface area contributed by atoms with Crippen LogP contribution in [0.15, 0.2) is 21.4 Å². The zero-order valence-corrected chi connectivity index (χ0v) is 6.73. The number of hydrogen-bond acceptors (Lipinski definition) is 2. The molecule has 2 nitrogen and oxygen atoms in total. The summed E-state index contributed by atoms with van der Waals surface area (Å²) < 4.78 is 0.873. The Morgan fingerprint density at radius 2 is 2.10 bits per heavy atom. The summed E-state index contributed by atoms with van der Waals surface area (Å²) in [4.78, 5) is 20.6. The van der Waals surface area contributed by atoms with Crippen molar-refractivity contribution in [1.82, 2.24) is 0 Å². The Bertz CT molecular complexity index is 238. The van der Waals surface area contributed by atoms with Crippen molar-refractivity contribution in [2.24, 2.45) is 0 Å². The SMILES string of the molecule is O=CC1=CC[C]([Rh])=C1C=O. The van der Waals surface area contributed by atoms with Gasteiger partial charge in [0.2, 0.25) is 0 Å². The van der Waals surface area contributed by atoms with E-state index in [0.717, 1.165) is 4.17 Å². The molecule has 1 aliphatic carbocycles. The van der Waals surface area contributed by atoms with Crippen molar-refractivity contribution in [3.8, 4) is 0 Å². The maximum absolute atomic E-state index is 10.3. The van der Waals surface area contributed by atoms with E-state index < -0.39 is 0 Å². The van der Waals surface area contributed by atoms with E-state index in [1.807, 2.05) is 0 Å². The summed E-state index contributed by atoms with van der Waals surface area (Å²) in [7, 11) is 0.